The van der Waals surface area contributed by atoms with Crippen LogP contribution in [0.15, 0.2) is 24.3 Å². The van der Waals surface area contributed by atoms with Crippen LogP contribution in [0.4, 0.5) is 5.69 Å². The summed E-state index contributed by atoms with van der Waals surface area (Å²) in [6, 6.07) is 6.60. The molecule has 2 aromatic rings. The summed E-state index contributed by atoms with van der Waals surface area (Å²) in [7, 11) is 0. The van der Waals surface area contributed by atoms with Gasteiger partial charge in [0.2, 0.25) is 0 Å². The van der Waals surface area contributed by atoms with E-state index in [2.05, 4.69) is 0 Å². The van der Waals surface area contributed by atoms with E-state index in [-0.39, 0.29) is 27.6 Å². The van der Waals surface area contributed by atoms with Gasteiger partial charge in [0.1, 0.15) is 0 Å². The first-order valence-corrected chi connectivity index (χ1v) is 7.46. The lowest BCUT2D eigenvalue weighted by Crippen LogP contribution is -2.18. The van der Waals surface area contributed by atoms with Crippen LogP contribution in [0.5, 0.6) is 0 Å². The van der Waals surface area contributed by atoms with Crippen LogP contribution in [0.3, 0.4) is 0 Å². The van der Waals surface area contributed by atoms with Crippen LogP contribution in [-0.2, 0) is 19.4 Å². The van der Waals surface area contributed by atoms with E-state index in [1.807, 2.05) is 4.57 Å². The van der Waals surface area contributed by atoms with Gasteiger partial charge >= 0.3 is 0 Å². The zero-order valence-electron chi connectivity index (χ0n) is 11.4. The summed E-state index contributed by atoms with van der Waals surface area (Å²) in [6.07, 6.45) is 4.52. The zero-order chi connectivity index (χ0) is 14.1. The van der Waals surface area contributed by atoms with Gasteiger partial charge in [-0.2, -0.15) is 0 Å². The van der Waals surface area contributed by atoms with Crippen LogP contribution >= 0.6 is 28.3 Å². The normalized spacial score (nSPS) is 13.3. The molecule has 0 fully saturated rings. The first kappa shape index (κ1) is 15.9. The molecule has 1 heterocycles. The van der Waals surface area contributed by atoms with Crippen LogP contribution < -0.4 is 4.80 Å². The number of rotatable bonds is 3. The number of hydrogen-bond donors (Lipinski definition) is 1. The number of halogens is 1. The summed E-state index contributed by atoms with van der Waals surface area (Å²) in [6.45, 7) is 0.628. The first-order valence-electron chi connectivity index (χ1n) is 6.64. The lowest BCUT2D eigenvalue weighted by molar-refractivity contribution is -0.384. The maximum atomic E-state index is 10.6. The van der Waals surface area contributed by atoms with Crippen LogP contribution in [0.2, 0.25) is 0 Å². The summed E-state index contributed by atoms with van der Waals surface area (Å²) in [5.41, 5.74) is 2.39. The van der Waals surface area contributed by atoms with Crippen molar-refractivity contribution in [3.63, 3.8) is 0 Å². The standard InChI is InChI=1S/C14H15N3O2S.BrH/c15-14-16(12-3-1-2-4-13(12)20-14)9-10-5-7-11(8-6-10)17(18)19;/h5-8,15H,1-4,9H2;1H. The Morgan fingerprint density at radius 2 is 1.90 bits per heavy atom. The molecule has 0 radical (unpaired) electrons. The Morgan fingerprint density at radius 1 is 1.24 bits per heavy atom. The molecule has 0 aliphatic heterocycles. The summed E-state index contributed by atoms with van der Waals surface area (Å²) in [5.74, 6) is 0. The second-order valence-electron chi connectivity index (χ2n) is 4.99. The van der Waals surface area contributed by atoms with E-state index in [0.29, 0.717) is 11.3 Å². The fourth-order valence-electron chi connectivity index (χ4n) is 2.62. The Labute approximate surface area is 136 Å². The topological polar surface area (TPSA) is 71.9 Å². The number of nitrogens with zero attached hydrogens (tertiary/aromatic N) is 2. The van der Waals surface area contributed by atoms with Crippen LogP contribution in [0, 0.1) is 15.5 Å². The lowest BCUT2D eigenvalue weighted by atomic mass is 10.0. The number of fused-ring (bicyclic) bond motifs is 1. The van der Waals surface area contributed by atoms with Crippen molar-refractivity contribution in [1.82, 2.24) is 4.57 Å². The van der Waals surface area contributed by atoms with Gasteiger partial charge in [0.15, 0.2) is 4.80 Å². The number of aromatic nitrogens is 1. The third-order valence-corrected chi connectivity index (χ3v) is 4.77. The molecule has 1 aliphatic rings. The van der Waals surface area contributed by atoms with E-state index in [1.165, 1.54) is 35.5 Å². The summed E-state index contributed by atoms with van der Waals surface area (Å²) >= 11 is 1.57. The number of benzene rings is 1. The minimum absolute atomic E-state index is 0. The van der Waals surface area contributed by atoms with Gasteiger partial charge in [-0.1, -0.05) is 12.1 Å². The monoisotopic (exact) mass is 369 g/mol. The predicted molar refractivity (Wildman–Crippen MR) is 87.3 cm³/mol. The van der Waals surface area contributed by atoms with Crippen LogP contribution in [0.1, 0.15) is 29.0 Å². The van der Waals surface area contributed by atoms with Crippen LogP contribution in [-0.4, -0.2) is 9.49 Å². The quantitative estimate of drug-likeness (QED) is 0.664. The highest BCUT2D eigenvalue weighted by Crippen LogP contribution is 2.24. The van der Waals surface area contributed by atoms with Gasteiger partial charge in [0.05, 0.1) is 11.5 Å². The highest BCUT2D eigenvalue weighted by atomic mass is 79.9. The van der Waals surface area contributed by atoms with Crippen molar-refractivity contribution < 1.29 is 4.92 Å². The van der Waals surface area contributed by atoms with Gasteiger partial charge in [-0.3, -0.25) is 15.5 Å². The average molecular weight is 370 g/mol. The minimum atomic E-state index is -0.390. The molecule has 112 valence electrons. The first-order chi connectivity index (χ1) is 9.65. The van der Waals surface area contributed by atoms with Gasteiger partial charge in [-0.05, 0) is 31.2 Å². The van der Waals surface area contributed by atoms with E-state index in [1.54, 1.807) is 23.5 Å². The maximum absolute atomic E-state index is 10.6. The number of thiazole rings is 1. The third-order valence-electron chi connectivity index (χ3n) is 3.67. The summed E-state index contributed by atoms with van der Waals surface area (Å²) in [5, 5.41) is 18.7. The molecule has 0 spiro atoms. The highest BCUT2D eigenvalue weighted by Gasteiger charge is 2.16. The second kappa shape index (κ2) is 6.53. The third kappa shape index (κ3) is 3.24. The molecule has 0 saturated heterocycles. The van der Waals surface area contributed by atoms with Crippen molar-refractivity contribution in [2.45, 2.75) is 32.2 Å². The number of nitro groups is 1. The van der Waals surface area contributed by atoms with Crippen molar-refractivity contribution in [2.75, 3.05) is 0 Å². The van der Waals surface area contributed by atoms with E-state index < -0.39 is 0 Å². The fourth-order valence-corrected chi connectivity index (χ4v) is 3.72. The Balaban J connectivity index is 0.00000161. The van der Waals surface area contributed by atoms with Gasteiger partial charge in [0.25, 0.3) is 5.69 Å². The molecule has 3 rings (SSSR count). The van der Waals surface area contributed by atoms with Crippen molar-refractivity contribution in [3.8, 4) is 0 Å². The molecule has 1 aromatic carbocycles. The molecule has 5 nitrogen and oxygen atoms in total. The average Bonchev–Trinajstić information content (AvgIpc) is 2.76. The Hall–Kier alpha value is -1.47. The largest absolute Gasteiger partial charge is 0.317 e. The molecular formula is C14H16BrN3O2S. The minimum Gasteiger partial charge on any atom is -0.317 e. The number of nitrogens with one attached hydrogen (secondary N) is 1. The van der Waals surface area contributed by atoms with E-state index in [9.17, 15) is 10.1 Å². The van der Waals surface area contributed by atoms with Crippen molar-refractivity contribution in [2.24, 2.45) is 0 Å². The fraction of sp³-hybridized carbons (Fsp3) is 0.357. The predicted octanol–water partition coefficient (Wildman–Crippen LogP) is 3.44. The van der Waals surface area contributed by atoms with Crippen molar-refractivity contribution in [3.05, 3.63) is 55.3 Å². The number of nitro benzene ring substituents is 1. The second-order valence-corrected chi connectivity index (χ2v) is 6.08. The van der Waals surface area contributed by atoms with Crippen molar-refractivity contribution >= 4 is 34.0 Å². The molecule has 1 N–H and O–H groups in total. The molecule has 0 saturated carbocycles. The van der Waals surface area contributed by atoms with E-state index in [4.69, 9.17) is 5.41 Å². The molecule has 0 atom stereocenters. The molecule has 1 aromatic heterocycles. The maximum Gasteiger partial charge on any atom is 0.269 e. The molecule has 1 aliphatic carbocycles. The smallest absolute Gasteiger partial charge is 0.269 e. The Morgan fingerprint density at radius 3 is 2.57 bits per heavy atom. The number of aryl methyl sites for hydroxylation is 1. The number of non-ortho nitro benzene ring substituents is 1. The molecule has 0 unspecified atom stereocenters. The lowest BCUT2D eigenvalue weighted by Gasteiger charge is -2.14. The highest BCUT2D eigenvalue weighted by molar-refractivity contribution is 8.93. The van der Waals surface area contributed by atoms with Gasteiger partial charge in [0, 0.05) is 22.7 Å². The summed E-state index contributed by atoms with van der Waals surface area (Å²) < 4.78 is 2.04. The van der Waals surface area contributed by atoms with E-state index in [0.717, 1.165) is 18.4 Å². The summed E-state index contributed by atoms with van der Waals surface area (Å²) in [4.78, 5) is 12.2. The van der Waals surface area contributed by atoms with Crippen LogP contribution in [0.25, 0.3) is 0 Å². The molecule has 7 heteroatoms. The molecule has 0 bridgehead atoms. The van der Waals surface area contributed by atoms with Gasteiger partial charge in [-0.15, -0.1) is 28.3 Å². The Kier molecular flexibility index (Phi) is 4.95. The van der Waals surface area contributed by atoms with Gasteiger partial charge < -0.3 is 4.57 Å². The molecule has 0 amide bonds. The number of hydrogen-bond acceptors (Lipinski definition) is 4. The van der Waals surface area contributed by atoms with E-state index >= 15 is 0 Å². The zero-order valence-corrected chi connectivity index (χ0v) is 13.9. The molecular weight excluding hydrogens is 354 g/mol. The Bertz CT molecular complexity index is 706. The van der Waals surface area contributed by atoms with Crippen molar-refractivity contribution in [1.29, 1.82) is 5.41 Å². The SMILES string of the molecule is Br.N=c1sc2c(n1Cc1ccc([N+](=O)[O-])cc1)CCCC2. The molecule has 21 heavy (non-hydrogen) atoms. The van der Waals surface area contributed by atoms with Gasteiger partial charge in [-0.25, -0.2) is 0 Å².